The second-order valence-corrected chi connectivity index (χ2v) is 4.88. The van der Waals surface area contributed by atoms with Gasteiger partial charge in [-0.1, -0.05) is 13.3 Å². The molecule has 0 aromatic rings. The Bertz CT molecular complexity index is 202. The highest BCUT2D eigenvalue weighted by molar-refractivity contribution is 5.81. The highest BCUT2D eigenvalue weighted by Crippen LogP contribution is 2.30. The van der Waals surface area contributed by atoms with E-state index in [4.69, 9.17) is 0 Å². The highest BCUT2D eigenvalue weighted by atomic mass is 16.1. The summed E-state index contributed by atoms with van der Waals surface area (Å²) in [6, 6.07) is 1.29. The molecule has 2 heteroatoms. The Morgan fingerprint density at radius 2 is 1.93 bits per heavy atom. The molecule has 2 unspecified atom stereocenters. The smallest absolute Gasteiger partial charge is 0.136 e. The molecule has 2 bridgehead atoms. The van der Waals surface area contributed by atoms with Gasteiger partial charge in [0.15, 0.2) is 0 Å². The molecule has 2 saturated heterocycles. The zero-order chi connectivity index (χ0) is 9.97. The van der Waals surface area contributed by atoms with Crippen molar-refractivity contribution < 1.29 is 4.79 Å². The van der Waals surface area contributed by atoms with Gasteiger partial charge < -0.3 is 5.32 Å². The minimum Gasteiger partial charge on any atom is -0.311 e. The summed E-state index contributed by atoms with van der Waals surface area (Å²) in [4.78, 5) is 11.8. The number of Topliss-reactive ketones (excluding diaryl/α,β-unsaturated/α-hetero) is 1. The molecule has 2 atom stereocenters. The molecular weight excluding hydrogens is 174 g/mol. The summed E-state index contributed by atoms with van der Waals surface area (Å²) in [5.41, 5.74) is 0. The lowest BCUT2D eigenvalue weighted by Crippen LogP contribution is -2.50. The lowest BCUT2D eigenvalue weighted by Gasteiger charge is -2.39. The quantitative estimate of drug-likeness (QED) is 0.748. The van der Waals surface area contributed by atoms with E-state index in [0.717, 1.165) is 25.7 Å². The Labute approximate surface area is 86.5 Å². The van der Waals surface area contributed by atoms with E-state index in [-0.39, 0.29) is 0 Å². The molecule has 0 aliphatic carbocycles. The minimum atomic E-state index is 0.381. The first-order valence-electron chi connectivity index (χ1n) is 6.08. The van der Waals surface area contributed by atoms with Gasteiger partial charge in [0.05, 0.1) is 0 Å². The van der Waals surface area contributed by atoms with Gasteiger partial charge in [-0.05, 0) is 32.1 Å². The van der Waals surface area contributed by atoms with E-state index in [1.165, 1.54) is 19.3 Å². The lowest BCUT2D eigenvalue weighted by atomic mass is 9.78. The number of carbonyl (C=O) groups excluding carboxylic acids is 1. The molecule has 0 spiro atoms. The van der Waals surface area contributed by atoms with Crippen LogP contribution in [0.2, 0.25) is 0 Å². The molecule has 0 saturated carbocycles. The van der Waals surface area contributed by atoms with Gasteiger partial charge >= 0.3 is 0 Å². The van der Waals surface area contributed by atoms with E-state index in [9.17, 15) is 4.79 Å². The van der Waals surface area contributed by atoms with Gasteiger partial charge in [0.25, 0.3) is 0 Å². The van der Waals surface area contributed by atoms with Crippen LogP contribution in [0.1, 0.15) is 51.9 Å². The fourth-order valence-corrected chi connectivity index (χ4v) is 2.98. The Kier molecular flexibility index (Phi) is 3.22. The van der Waals surface area contributed by atoms with Crippen molar-refractivity contribution in [2.45, 2.75) is 64.0 Å². The van der Waals surface area contributed by atoms with E-state index in [1.54, 1.807) is 0 Å². The number of carbonyl (C=O) groups is 1. The molecule has 2 fully saturated rings. The fourth-order valence-electron chi connectivity index (χ4n) is 2.98. The van der Waals surface area contributed by atoms with Crippen molar-refractivity contribution in [2.75, 3.05) is 0 Å². The first-order valence-corrected chi connectivity index (χ1v) is 6.08. The number of piperidine rings is 2. The van der Waals surface area contributed by atoms with Crippen LogP contribution in [-0.4, -0.2) is 17.9 Å². The monoisotopic (exact) mass is 195 g/mol. The topological polar surface area (TPSA) is 29.1 Å². The van der Waals surface area contributed by atoms with Crippen LogP contribution >= 0.6 is 0 Å². The van der Waals surface area contributed by atoms with Crippen molar-refractivity contribution in [2.24, 2.45) is 5.92 Å². The van der Waals surface area contributed by atoms with Crippen LogP contribution in [0.5, 0.6) is 0 Å². The van der Waals surface area contributed by atoms with Crippen molar-refractivity contribution >= 4 is 5.78 Å². The number of ketones is 1. The normalized spacial score (nSPS) is 36.8. The zero-order valence-electron chi connectivity index (χ0n) is 9.09. The third kappa shape index (κ3) is 2.17. The lowest BCUT2D eigenvalue weighted by molar-refractivity contribution is -0.124. The van der Waals surface area contributed by atoms with Crippen LogP contribution in [-0.2, 0) is 4.79 Å². The summed E-state index contributed by atoms with van der Waals surface area (Å²) < 4.78 is 0. The Balaban J connectivity index is 1.91. The number of hydrogen-bond acceptors (Lipinski definition) is 2. The second-order valence-electron chi connectivity index (χ2n) is 4.88. The Morgan fingerprint density at radius 1 is 1.29 bits per heavy atom. The number of nitrogens with one attached hydrogen (secondary N) is 1. The predicted molar refractivity (Wildman–Crippen MR) is 57.2 cm³/mol. The molecule has 2 aliphatic heterocycles. The molecule has 0 aromatic heterocycles. The molecule has 2 nitrogen and oxygen atoms in total. The van der Waals surface area contributed by atoms with Gasteiger partial charge in [-0.2, -0.15) is 0 Å². The Hall–Kier alpha value is -0.370. The summed E-state index contributed by atoms with van der Waals surface area (Å²) >= 11 is 0. The van der Waals surface area contributed by atoms with E-state index in [2.05, 4.69) is 12.2 Å². The largest absolute Gasteiger partial charge is 0.311 e. The van der Waals surface area contributed by atoms with Crippen LogP contribution in [0.3, 0.4) is 0 Å². The van der Waals surface area contributed by atoms with Gasteiger partial charge in [0.1, 0.15) is 5.78 Å². The van der Waals surface area contributed by atoms with Crippen molar-refractivity contribution in [3.05, 3.63) is 0 Å². The fraction of sp³-hybridized carbons (Fsp3) is 0.917. The summed E-state index contributed by atoms with van der Waals surface area (Å²) in [6.07, 6.45) is 7.95. The van der Waals surface area contributed by atoms with Crippen LogP contribution < -0.4 is 5.32 Å². The molecule has 1 N–H and O–H groups in total. The molecule has 2 heterocycles. The van der Waals surface area contributed by atoms with Crippen molar-refractivity contribution in [3.63, 3.8) is 0 Å². The highest BCUT2D eigenvalue weighted by Gasteiger charge is 2.33. The molecule has 80 valence electrons. The SMILES string of the molecule is CCCC(=O)C1CC2CCCC(C1)N2. The zero-order valence-corrected chi connectivity index (χ0v) is 9.09. The van der Waals surface area contributed by atoms with Gasteiger partial charge in [-0.15, -0.1) is 0 Å². The maximum Gasteiger partial charge on any atom is 0.136 e. The molecule has 14 heavy (non-hydrogen) atoms. The third-order valence-electron chi connectivity index (χ3n) is 3.67. The van der Waals surface area contributed by atoms with Gasteiger partial charge in [0.2, 0.25) is 0 Å². The molecule has 0 aromatic carbocycles. The summed E-state index contributed by atoms with van der Waals surface area (Å²) in [5.74, 6) is 0.900. The van der Waals surface area contributed by atoms with E-state index in [0.29, 0.717) is 23.8 Å². The standard InChI is InChI=1S/C12H21NO/c1-2-4-12(14)9-7-10-5-3-6-11(8-9)13-10/h9-11,13H,2-8H2,1H3. The first kappa shape index (κ1) is 10.2. The van der Waals surface area contributed by atoms with Gasteiger partial charge in [-0.25, -0.2) is 0 Å². The number of rotatable bonds is 3. The maximum absolute atomic E-state index is 11.8. The van der Waals surface area contributed by atoms with E-state index in [1.807, 2.05) is 0 Å². The van der Waals surface area contributed by atoms with Crippen LogP contribution in [0.15, 0.2) is 0 Å². The van der Waals surface area contributed by atoms with Crippen LogP contribution in [0.25, 0.3) is 0 Å². The van der Waals surface area contributed by atoms with E-state index < -0.39 is 0 Å². The second kappa shape index (κ2) is 4.43. The summed E-state index contributed by atoms with van der Waals surface area (Å²) in [5, 5.41) is 3.63. The van der Waals surface area contributed by atoms with Gasteiger partial charge in [0, 0.05) is 24.4 Å². The summed E-state index contributed by atoms with van der Waals surface area (Å²) in [7, 11) is 0. The van der Waals surface area contributed by atoms with Crippen molar-refractivity contribution in [1.82, 2.24) is 5.32 Å². The number of fused-ring (bicyclic) bond motifs is 2. The van der Waals surface area contributed by atoms with Crippen LogP contribution in [0.4, 0.5) is 0 Å². The predicted octanol–water partition coefficient (Wildman–Crippen LogP) is 2.28. The average molecular weight is 195 g/mol. The van der Waals surface area contributed by atoms with Gasteiger partial charge in [-0.3, -0.25) is 4.79 Å². The van der Waals surface area contributed by atoms with Crippen molar-refractivity contribution in [3.8, 4) is 0 Å². The molecule has 2 rings (SSSR count). The minimum absolute atomic E-state index is 0.381. The molecular formula is C12H21NO. The van der Waals surface area contributed by atoms with Crippen molar-refractivity contribution in [1.29, 1.82) is 0 Å². The first-order chi connectivity index (χ1) is 6.79. The molecule has 0 amide bonds. The Morgan fingerprint density at radius 3 is 2.50 bits per heavy atom. The average Bonchev–Trinajstić information content (AvgIpc) is 2.17. The van der Waals surface area contributed by atoms with E-state index >= 15 is 0 Å². The third-order valence-corrected chi connectivity index (χ3v) is 3.67. The molecule has 2 aliphatic rings. The molecule has 0 radical (unpaired) electrons. The number of hydrogen-bond donors (Lipinski definition) is 1. The summed E-state index contributed by atoms with van der Waals surface area (Å²) in [6.45, 7) is 2.10. The maximum atomic E-state index is 11.8. The van der Waals surface area contributed by atoms with Crippen LogP contribution in [0, 0.1) is 5.92 Å².